The number of nitrogens with one attached hydrogen (secondary N) is 2. The van der Waals surface area contributed by atoms with Gasteiger partial charge < -0.3 is 25.6 Å². The molecule has 0 spiro atoms. The number of nitrogens with zero attached hydrogens (tertiary/aromatic N) is 4. The van der Waals surface area contributed by atoms with Gasteiger partial charge in [0.25, 0.3) is 0 Å². The van der Waals surface area contributed by atoms with Gasteiger partial charge >= 0.3 is 0 Å². The molecule has 1 fully saturated rings. The van der Waals surface area contributed by atoms with Crippen molar-refractivity contribution < 1.29 is 19.7 Å². The molecule has 10 nitrogen and oxygen atoms in total. The van der Waals surface area contributed by atoms with Crippen LogP contribution >= 0.6 is 11.3 Å². The average molecular weight is 531 g/mol. The van der Waals surface area contributed by atoms with E-state index in [9.17, 15) is 15.0 Å². The van der Waals surface area contributed by atoms with E-state index >= 15 is 0 Å². The number of aromatic nitrogens is 4. The fourth-order valence-corrected chi connectivity index (χ4v) is 5.44. The van der Waals surface area contributed by atoms with Crippen molar-refractivity contribution in [3.8, 4) is 0 Å². The van der Waals surface area contributed by atoms with Crippen LogP contribution in [0.25, 0.3) is 21.9 Å². The van der Waals surface area contributed by atoms with Crippen LogP contribution in [-0.2, 0) is 22.5 Å². The highest BCUT2D eigenvalue weighted by Gasteiger charge is 2.44. The first-order valence-electron chi connectivity index (χ1n) is 12.3. The number of hydrogen-bond donors (Lipinski definition) is 4. The molecule has 1 aliphatic heterocycles. The molecule has 0 bridgehead atoms. The van der Waals surface area contributed by atoms with Gasteiger partial charge in [-0.05, 0) is 38.7 Å². The van der Waals surface area contributed by atoms with Crippen molar-refractivity contribution >= 4 is 45.0 Å². The van der Waals surface area contributed by atoms with Crippen molar-refractivity contribution in [2.75, 3.05) is 11.9 Å². The molecule has 0 saturated carbocycles. The minimum Gasteiger partial charge on any atom is -0.387 e. The molecule has 4 heterocycles. The van der Waals surface area contributed by atoms with E-state index in [1.165, 1.54) is 24.0 Å². The van der Waals surface area contributed by atoms with Gasteiger partial charge in [0.15, 0.2) is 23.2 Å². The molecule has 194 valence electrons. The Labute approximate surface area is 222 Å². The number of hydrogen-bond acceptors (Lipinski definition) is 9. The minimum atomic E-state index is -1.23. The predicted octanol–water partition coefficient (Wildman–Crippen LogP) is 2.63. The first-order chi connectivity index (χ1) is 18.6. The van der Waals surface area contributed by atoms with Crippen LogP contribution in [0.4, 0.5) is 5.82 Å². The maximum Gasteiger partial charge on any atom is 0.224 e. The molecule has 3 aromatic heterocycles. The first-order valence-corrected chi connectivity index (χ1v) is 13.2. The zero-order valence-electron chi connectivity index (χ0n) is 20.3. The fourth-order valence-electron chi connectivity index (χ4n) is 4.78. The molecule has 1 aliphatic rings. The molecule has 4 atom stereocenters. The second kappa shape index (κ2) is 10.5. The summed E-state index contributed by atoms with van der Waals surface area (Å²) in [5.41, 5.74) is 3.02. The van der Waals surface area contributed by atoms with Gasteiger partial charge in [0, 0.05) is 13.1 Å². The average Bonchev–Trinajstić information content (AvgIpc) is 3.67. The maximum atomic E-state index is 12.3. The van der Waals surface area contributed by atoms with Crippen LogP contribution in [0.2, 0.25) is 0 Å². The number of thiophene rings is 1. The molecule has 0 unspecified atom stereocenters. The summed E-state index contributed by atoms with van der Waals surface area (Å²) in [7, 11) is 0. The van der Waals surface area contributed by atoms with E-state index in [2.05, 4.69) is 49.9 Å². The lowest BCUT2D eigenvalue weighted by atomic mass is 10.0. The second-order valence-electron chi connectivity index (χ2n) is 9.20. The highest BCUT2D eigenvalue weighted by atomic mass is 32.1. The lowest BCUT2D eigenvalue weighted by Gasteiger charge is -2.16. The zero-order chi connectivity index (χ0) is 26.1. The van der Waals surface area contributed by atoms with Crippen LogP contribution in [0, 0.1) is 0 Å². The van der Waals surface area contributed by atoms with Crippen LogP contribution < -0.4 is 10.6 Å². The number of rotatable bonds is 8. The lowest BCUT2D eigenvalue weighted by Crippen LogP contribution is -2.40. The number of carbonyl (C=O) groups excluding carboxylic acids is 1. The van der Waals surface area contributed by atoms with Gasteiger partial charge in [0.1, 0.15) is 24.6 Å². The SMILES string of the molecule is O=C(Cc1ccsc1)NC[C@H]1O[C@@H](n2cnc3c(NCc4cccc5ccccc45)ncnc32)[C@H](O)[C@@H]1O. The largest absolute Gasteiger partial charge is 0.387 e. The first kappa shape index (κ1) is 24.4. The predicted molar refractivity (Wildman–Crippen MR) is 144 cm³/mol. The Balaban J connectivity index is 1.16. The molecule has 1 saturated heterocycles. The number of carbonyl (C=O) groups is 1. The van der Waals surface area contributed by atoms with Gasteiger partial charge in [0.2, 0.25) is 5.91 Å². The minimum absolute atomic E-state index is 0.0666. The zero-order valence-corrected chi connectivity index (χ0v) is 21.1. The van der Waals surface area contributed by atoms with Crippen molar-refractivity contribution in [3.05, 3.63) is 83.1 Å². The molecule has 2 aromatic carbocycles. The number of ether oxygens (including phenoxy) is 1. The molecular formula is C27H26N6O4S. The van der Waals surface area contributed by atoms with Crippen molar-refractivity contribution in [3.63, 3.8) is 0 Å². The number of anilines is 1. The number of aliphatic hydroxyl groups is 2. The lowest BCUT2D eigenvalue weighted by molar-refractivity contribution is -0.121. The Bertz CT molecular complexity index is 1570. The molecular weight excluding hydrogens is 504 g/mol. The van der Waals surface area contributed by atoms with E-state index in [1.807, 2.05) is 35.0 Å². The molecule has 4 N–H and O–H groups in total. The Hall–Kier alpha value is -3.90. The molecule has 0 radical (unpaired) electrons. The number of amides is 1. The summed E-state index contributed by atoms with van der Waals surface area (Å²) in [6.45, 7) is 0.603. The highest BCUT2D eigenvalue weighted by molar-refractivity contribution is 7.08. The van der Waals surface area contributed by atoms with Crippen LogP contribution in [0.15, 0.2) is 71.9 Å². The number of imidazole rings is 1. The summed E-state index contributed by atoms with van der Waals surface area (Å²) in [6, 6.07) is 16.2. The summed E-state index contributed by atoms with van der Waals surface area (Å²) in [4.78, 5) is 25.5. The van der Waals surface area contributed by atoms with Crippen LogP contribution in [0.3, 0.4) is 0 Å². The van der Waals surface area contributed by atoms with Gasteiger partial charge in [0.05, 0.1) is 12.7 Å². The van der Waals surface area contributed by atoms with E-state index < -0.39 is 24.5 Å². The van der Waals surface area contributed by atoms with E-state index in [0.717, 1.165) is 21.9 Å². The normalized spacial score (nSPS) is 21.2. The van der Waals surface area contributed by atoms with Crippen molar-refractivity contribution in [2.24, 2.45) is 0 Å². The summed E-state index contributed by atoms with van der Waals surface area (Å²) in [5, 5.41) is 33.7. The van der Waals surface area contributed by atoms with Gasteiger partial charge in [-0.2, -0.15) is 11.3 Å². The third kappa shape index (κ3) is 4.72. The summed E-state index contributed by atoms with van der Waals surface area (Å²) in [5.74, 6) is 0.367. The summed E-state index contributed by atoms with van der Waals surface area (Å²) >= 11 is 1.53. The van der Waals surface area contributed by atoms with Gasteiger partial charge in [-0.25, -0.2) is 15.0 Å². The molecule has 5 aromatic rings. The van der Waals surface area contributed by atoms with E-state index in [1.54, 1.807) is 4.57 Å². The van der Waals surface area contributed by atoms with Crippen molar-refractivity contribution in [2.45, 2.75) is 37.5 Å². The second-order valence-corrected chi connectivity index (χ2v) is 9.98. The molecule has 6 rings (SSSR count). The van der Waals surface area contributed by atoms with Gasteiger partial charge in [-0.15, -0.1) is 0 Å². The molecule has 0 aliphatic carbocycles. The van der Waals surface area contributed by atoms with Crippen molar-refractivity contribution in [1.29, 1.82) is 0 Å². The van der Waals surface area contributed by atoms with E-state index in [0.29, 0.717) is 23.5 Å². The van der Waals surface area contributed by atoms with Gasteiger partial charge in [-0.3, -0.25) is 9.36 Å². The fraction of sp³-hybridized carbons (Fsp3) is 0.259. The smallest absolute Gasteiger partial charge is 0.224 e. The molecule has 1 amide bonds. The van der Waals surface area contributed by atoms with Crippen LogP contribution in [-0.4, -0.2) is 60.5 Å². The Morgan fingerprint density at radius 1 is 1.05 bits per heavy atom. The quantitative estimate of drug-likeness (QED) is 0.241. The Morgan fingerprint density at radius 3 is 2.79 bits per heavy atom. The third-order valence-corrected chi connectivity index (χ3v) is 7.47. The number of benzene rings is 2. The molecule has 38 heavy (non-hydrogen) atoms. The van der Waals surface area contributed by atoms with Crippen molar-refractivity contribution in [1.82, 2.24) is 24.8 Å². The highest BCUT2D eigenvalue weighted by Crippen LogP contribution is 2.32. The Morgan fingerprint density at radius 2 is 1.92 bits per heavy atom. The van der Waals surface area contributed by atoms with Crippen LogP contribution in [0.5, 0.6) is 0 Å². The number of aliphatic hydroxyl groups excluding tert-OH is 2. The maximum absolute atomic E-state index is 12.3. The van der Waals surface area contributed by atoms with Gasteiger partial charge in [-0.1, -0.05) is 42.5 Å². The monoisotopic (exact) mass is 530 g/mol. The van der Waals surface area contributed by atoms with Crippen LogP contribution in [0.1, 0.15) is 17.4 Å². The summed E-state index contributed by atoms with van der Waals surface area (Å²) < 4.78 is 7.56. The third-order valence-electron chi connectivity index (χ3n) is 6.74. The van der Waals surface area contributed by atoms with E-state index in [-0.39, 0.29) is 18.9 Å². The standard InChI is InChI=1S/C27H26N6O4S/c34-21(10-16-8-9-38-13-16)28-12-20-23(35)24(36)27(37-20)33-15-32-22-25(30-14-31-26(22)33)29-11-18-6-3-5-17-4-1-2-7-19(17)18/h1-9,13-15,20,23-24,27,35-36H,10-12H2,(H,28,34)(H,29,30,31)/t20-,23-,24-,27-/m1/s1. The number of fused-ring (bicyclic) bond motifs is 2. The topological polar surface area (TPSA) is 134 Å². The summed E-state index contributed by atoms with van der Waals surface area (Å²) in [6.07, 6.45) is -0.945. The van der Waals surface area contributed by atoms with E-state index in [4.69, 9.17) is 4.74 Å². The Kier molecular flexibility index (Phi) is 6.73. The molecule has 11 heteroatoms.